The van der Waals surface area contributed by atoms with Crippen molar-refractivity contribution in [1.82, 2.24) is 0 Å². The van der Waals surface area contributed by atoms with Gasteiger partial charge in [0, 0.05) is 0 Å². The molecule has 0 spiro atoms. The van der Waals surface area contributed by atoms with Crippen LogP contribution in [0.5, 0.6) is 0 Å². The van der Waals surface area contributed by atoms with Gasteiger partial charge in [-0.05, 0) is 169 Å². The molecule has 0 radical (unpaired) electrons. The molecule has 12 aromatic carbocycles. The second-order valence-corrected chi connectivity index (χ2v) is 27.9. The van der Waals surface area contributed by atoms with Crippen LogP contribution in [0.15, 0.2) is 194 Å². The van der Waals surface area contributed by atoms with Crippen molar-refractivity contribution in [3.63, 3.8) is 0 Å². The van der Waals surface area contributed by atoms with Crippen molar-refractivity contribution >= 4 is 143 Å². The lowest BCUT2D eigenvalue weighted by molar-refractivity contribution is -0.139. The molecular formula is C94H100O8. The molecule has 0 aliphatic carbocycles. The number of fused-ring (bicyclic) bond motifs is 15. The molecule has 0 fully saturated rings. The maximum atomic E-state index is 16.2. The maximum absolute atomic E-state index is 16.2. The van der Waals surface area contributed by atoms with Crippen molar-refractivity contribution in [3.8, 4) is 0 Å². The van der Waals surface area contributed by atoms with Gasteiger partial charge in [-0.15, -0.1) is 0 Å². The topological polar surface area (TPSA) is 105 Å². The zero-order valence-corrected chi connectivity index (χ0v) is 60.5. The molecule has 524 valence electrons. The molecule has 0 atom stereocenters. The molecule has 12 rings (SSSR count). The average molecular weight is 1360 g/mol. The number of hydrogen-bond donors (Lipinski definition) is 0. The van der Waals surface area contributed by atoms with Crippen molar-refractivity contribution in [2.24, 2.45) is 0 Å². The standard InChI is InChI=1S/C94H100O8/c1-5-9-13-17-21-37-57-99-91(95)87(83-61-79-67-43-27-25-41-65(67)53-55-77(79)69-45-29-33-49-73(69)83)89(93(97)101-59-39-23-19-15-11-7-3)85-63-81-72-48-32-36-52-76(72)86(64-82(81)71-47-31-35-51-75(71)85)90(94(98)102-60-40-24-20-16-12-8-4)88(92(96)100-58-38-22-18-14-10-6-2)84-62-80-68-44-28-26-42-66(68)54-56-78(80)70-46-30-34-50-74(70)84/h25-36,41-56,61-64H,5-24,37-40,57-60H2,1-4H3/b89-87-,90-88-. The fourth-order valence-electron chi connectivity index (χ4n) is 15.4. The van der Waals surface area contributed by atoms with E-state index in [0.29, 0.717) is 58.7 Å². The molecule has 0 saturated heterocycles. The lowest BCUT2D eigenvalue weighted by atomic mass is 9.83. The molecule has 0 unspecified atom stereocenters. The van der Waals surface area contributed by atoms with E-state index in [1.54, 1.807) is 0 Å². The molecule has 102 heavy (non-hydrogen) atoms. The largest absolute Gasteiger partial charge is 0.462 e. The van der Waals surface area contributed by atoms with Gasteiger partial charge in [0.15, 0.2) is 0 Å². The Hall–Kier alpha value is -9.66. The van der Waals surface area contributed by atoms with Crippen LogP contribution in [0.25, 0.3) is 119 Å². The number of ether oxygens (including phenoxy) is 4. The van der Waals surface area contributed by atoms with E-state index in [2.05, 4.69) is 100 Å². The second kappa shape index (κ2) is 35.8. The van der Waals surface area contributed by atoms with Crippen molar-refractivity contribution in [3.05, 3.63) is 216 Å². The van der Waals surface area contributed by atoms with Crippen LogP contribution < -0.4 is 0 Å². The maximum Gasteiger partial charge on any atom is 0.339 e. The summed E-state index contributed by atoms with van der Waals surface area (Å²) in [5.74, 6) is -2.46. The highest BCUT2D eigenvalue weighted by molar-refractivity contribution is 6.44. The van der Waals surface area contributed by atoms with E-state index in [0.717, 1.165) is 215 Å². The van der Waals surface area contributed by atoms with E-state index in [1.165, 1.54) is 0 Å². The molecule has 0 amide bonds. The van der Waals surface area contributed by atoms with E-state index in [4.69, 9.17) is 18.9 Å². The van der Waals surface area contributed by atoms with Crippen molar-refractivity contribution in [2.45, 2.75) is 182 Å². The minimum absolute atomic E-state index is 0.106. The van der Waals surface area contributed by atoms with E-state index in [9.17, 15) is 0 Å². The van der Waals surface area contributed by atoms with E-state index >= 15 is 19.2 Å². The van der Waals surface area contributed by atoms with Crippen molar-refractivity contribution in [1.29, 1.82) is 0 Å². The summed E-state index contributed by atoms with van der Waals surface area (Å²) in [6, 6.07) is 65.8. The van der Waals surface area contributed by atoms with Crippen molar-refractivity contribution < 1.29 is 38.1 Å². The number of esters is 4. The Labute approximate surface area is 602 Å². The number of unbranched alkanes of at least 4 members (excludes halogenated alkanes) is 20. The number of carbonyl (C=O) groups is 4. The molecule has 0 saturated carbocycles. The van der Waals surface area contributed by atoms with Gasteiger partial charge in [0.1, 0.15) is 0 Å². The zero-order valence-electron chi connectivity index (χ0n) is 60.5. The van der Waals surface area contributed by atoms with E-state index in [1.807, 2.05) is 121 Å². The van der Waals surface area contributed by atoms with Crippen LogP contribution in [0.4, 0.5) is 0 Å². The van der Waals surface area contributed by atoms with Gasteiger partial charge in [-0.25, -0.2) is 19.2 Å². The summed E-state index contributed by atoms with van der Waals surface area (Å²) in [6.45, 7) is 9.49. The van der Waals surface area contributed by atoms with Gasteiger partial charge in [-0.3, -0.25) is 0 Å². The molecular weight excluding hydrogens is 1260 g/mol. The Morgan fingerprint density at radius 2 is 0.402 bits per heavy atom. The van der Waals surface area contributed by atoms with Gasteiger partial charge in [0.05, 0.1) is 48.7 Å². The monoisotopic (exact) mass is 1360 g/mol. The lowest BCUT2D eigenvalue weighted by Crippen LogP contribution is -2.17. The highest BCUT2D eigenvalue weighted by Crippen LogP contribution is 2.47. The van der Waals surface area contributed by atoms with Gasteiger partial charge >= 0.3 is 23.9 Å². The van der Waals surface area contributed by atoms with Crippen LogP contribution in [0.2, 0.25) is 0 Å². The number of carbonyl (C=O) groups excluding carboxylic acids is 4. The van der Waals surface area contributed by atoms with Crippen LogP contribution in [-0.4, -0.2) is 50.3 Å². The third-order valence-corrected chi connectivity index (χ3v) is 20.7. The SMILES string of the molecule is CCCCCCCCOC(=O)/C(=C(\C(=O)OCCCCCCCC)c1cc2c3ccccc3c(/C(C(=O)OCCCCCCCC)=C(/C(=O)OCCCCCCCC)c3cc4c5ccccc5ccc4c4ccccc34)cc2c2ccccc12)c1cc2c3ccccc3ccc2c2ccccc12. The molecule has 0 aliphatic heterocycles. The third kappa shape index (κ3) is 16.3. The molecule has 8 nitrogen and oxygen atoms in total. The van der Waals surface area contributed by atoms with Crippen LogP contribution in [0.3, 0.4) is 0 Å². The van der Waals surface area contributed by atoms with E-state index in [-0.39, 0.29) is 48.7 Å². The predicted molar refractivity (Wildman–Crippen MR) is 428 cm³/mol. The first-order valence-corrected chi connectivity index (χ1v) is 38.5. The summed E-state index contributed by atoms with van der Waals surface area (Å²) in [7, 11) is 0. The zero-order chi connectivity index (χ0) is 70.6. The van der Waals surface area contributed by atoms with Gasteiger partial charge in [0.25, 0.3) is 0 Å². The first-order chi connectivity index (χ1) is 50.2. The average Bonchev–Trinajstić information content (AvgIpc) is 0.728. The molecule has 0 N–H and O–H groups in total. The first kappa shape index (κ1) is 72.1. The number of hydrogen-bond acceptors (Lipinski definition) is 8. The molecule has 0 aliphatic rings. The number of benzene rings is 12. The summed E-state index contributed by atoms with van der Waals surface area (Å²) in [4.78, 5) is 64.6. The lowest BCUT2D eigenvalue weighted by Gasteiger charge is -2.22. The molecule has 12 aromatic rings. The fourth-order valence-corrected chi connectivity index (χ4v) is 15.4. The first-order valence-electron chi connectivity index (χ1n) is 38.5. The van der Waals surface area contributed by atoms with E-state index < -0.39 is 23.9 Å². The van der Waals surface area contributed by atoms with Crippen LogP contribution in [-0.2, 0) is 38.1 Å². The summed E-state index contributed by atoms with van der Waals surface area (Å²) in [5, 5.41) is 15.9. The van der Waals surface area contributed by atoms with Crippen LogP contribution in [0.1, 0.15) is 204 Å². The summed E-state index contributed by atoms with van der Waals surface area (Å²) in [6.07, 6.45) is 23.9. The summed E-state index contributed by atoms with van der Waals surface area (Å²) >= 11 is 0. The van der Waals surface area contributed by atoms with Gasteiger partial charge < -0.3 is 18.9 Å². The smallest absolute Gasteiger partial charge is 0.339 e. The molecule has 0 bridgehead atoms. The Bertz CT molecular complexity index is 4730. The highest BCUT2D eigenvalue weighted by Gasteiger charge is 2.34. The summed E-state index contributed by atoms with van der Waals surface area (Å²) < 4.78 is 26.3. The minimum atomic E-state index is -0.625. The minimum Gasteiger partial charge on any atom is -0.462 e. The Morgan fingerprint density at radius 3 is 0.667 bits per heavy atom. The van der Waals surface area contributed by atoms with Gasteiger partial charge in [0.2, 0.25) is 0 Å². The Balaban J connectivity index is 1.14. The Morgan fingerprint density at radius 1 is 0.206 bits per heavy atom. The summed E-state index contributed by atoms with van der Waals surface area (Å²) in [5.41, 5.74) is 2.60. The van der Waals surface area contributed by atoms with Gasteiger partial charge in [-0.2, -0.15) is 0 Å². The quantitative estimate of drug-likeness (QED) is 0.00955. The van der Waals surface area contributed by atoms with Crippen LogP contribution >= 0.6 is 0 Å². The molecule has 0 aromatic heterocycles. The number of rotatable bonds is 36. The normalized spacial score (nSPS) is 12.3. The fraction of sp³-hybridized carbons (Fsp3) is 0.340. The molecule has 8 heteroatoms. The Kier molecular flexibility index (Phi) is 25.3. The highest BCUT2D eigenvalue weighted by atomic mass is 16.5. The molecule has 0 heterocycles. The van der Waals surface area contributed by atoms with Crippen LogP contribution in [0, 0.1) is 0 Å². The second-order valence-electron chi connectivity index (χ2n) is 27.9. The van der Waals surface area contributed by atoms with Crippen molar-refractivity contribution in [2.75, 3.05) is 26.4 Å². The predicted octanol–water partition coefficient (Wildman–Crippen LogP) is 25.5. The van der Waals surface area contributed by atoms with Gasteiger partial charge in [-0.1, -0.05) is 326 Å². The third-order valence-electron chi connectivity index (χ3n) is 20.7.